The van der Waals surface area contributed by atoms with Gasteiger partial charge < -0.3 is 5.11 Å². The maximum atomic E-state index is 13.5. The predicted octanol–water partition coefficient (Wildman–Crippen LogP) is 2.70. The molecule has 2 rings (SSSR count). The van der Waals surface area contributed by atoms with Gasteiger partial charge in [0.2, 0.25) is 0 Å². The molecule has 2 heterocycles. The lowest BCUT2D eigenvalue weighted by Crippen LogP contribution is -1.98. The van der Waals surface area contributed by atoms with Crippen LogP contribution in [0.3, 0.4) is 0 Å². The number of rotatable bonds is 1. The van der Waals surface area contributed by atoms with Crippen LogP contribution in [0.1, 0.15) is 10.5 Å². The van der Waals surface area contributed by atoms with Crippen molar-refractivity contribution in [2.45, 2.75) is 0 Å². The number of halogens is 3. The van der Waals surface area contributed by atoms with Gasteiger partial charge in [0, 0.05) is 10.7 Å². The van der Waals surface area contributed by atoms with E-state index in [1.807, 2.05) is 0 Å². The molecule has 0 saturated carbocycles. The first-order valence-corrected chi connectivity index (χ1v) is 5.35. The van der Waals surface area contributed by atoms with E-state index >= 15 is 0 Å². The summed E-state index contributed by atoms with van der Waals surface area (Å²) < 4.78 is 15.3. The minimum Gasteiger partial charge on any atom is -0.476 e. The van der Waals surface area contributed by atoms with Crippen molar-refractivity contribution >= 4 is 43.3 Å². The summed E-state index contributed by atoms with van der Waals surface area (Å²) >= 11 is 6.10. The lowest BCUT2D eigenvalue weighted by molar-refractivity contribution is 0.0689. The van der Waals surface area contributed by atoms with Gasteiger partial charge in [-0.05, 0) is 37.9 Å². The summed E-state index contributed by atoms with van der Waals surface area (Å²) in [6.45, 7) is 0. The number of pyridine rings is 1. The summed E-state index contributed by atoms with van der Waals surface area (Å²) in [4.78, 5) is 10.7. The molecule has 7 heteroatoms. The van der Waals surface area contributed by atoms with Crippen molar-refractivity contribution in [1.29, 1.82) is 0 Å². The Morgan fingerprint density at radius 3 is 2.80 bits per heavy atom. The molecular weight excluding hydrogens is 335 g/mol. The molecule has 0 radical (unpaired) electrons. The first-order valence-electron chi connectivity index (χ1n) is 3.77. The molecule has 0 spiro atoms. The molecule has 2 aromatic heterocycles. The molecule has 0 amide bonds. The maximum absolute atomic E-state index is 13.5. The van der Waals surface area contributed by atoms with E-state index in [4.69, 9.17) is 5.11 Å². The van der Waals surface area contributed by atoms with Gasteiger partial charge in [-0.1, -0.05) is 0 Å². The lowest BCUT2D eigenvalue weighted by Gasteiger charge is -1.96. The summed E-state index contributed by atoms with van der Waals surface area (Å²) in [6.07, 6.45) is 1.48. The molecule has 1 N–H and O–H groups in total. The normalized spacial score (nSPS) is 10.9. The van der Waals surface area contributed by atoms with Crippen molar-refractivity contribution in [2.75, 3.05) is 0 Å². The van der Waals surface area contributed by atoms with Gasteiger partial charge in [0.05, 0.1) is 4.47 Å². The zero-order chi connectivity index (χ0) is 11.2. The van der Waals surface area contributed by atoms with Gasteiger partial charge in [0.25, 0.3) is 0 Å². The Morgan fingerprint density at radius 1 is 1.53 bits per heavy atom. The SMILES string of the molecule is O=C(O)c1nn2cc(Br)cc(F)c2c1Br. The van der Waals surface area contributed by atoms with Crippen LogP contribution in [0, 0.1) is 5.82 Å². The third kappa shape index (κ3) is 1.65. The summed E-state index contributed by atoms with van der Waals surface area (Å²) in [5.41, 5.74) is -0.109. The zero-order valence-electron chi connectivity index (χ0n) is 7.04. The van der Waals surface area contributed by atoms with E-state index in [-0.39, 0.29) is 15.7 Å². The quantitative estimate of drug-likeness (QED) is 0.870. The summed E-state index contributed by atoms with van der Waals surface area (Å²) in [7, 11) is 0. The summed E-state index contributed by atoms with van der Waals surface area (Å²) in [6, 6.07) is 1.24. The van der Waals surface area contributed by atoms with E-state index in [0.717, 1.165) is 0 Å². The number of carboxylic acid groups (broad SMARTS) is 1. The lowest BCUT2D eigenvalue weighted by atomic mass is 10.3. The molecule has 0 fully saturated rings. The molecule has 4 nitrogen and oxygen atoms in total. The van der Waals surface area contributed by atoms with Crippen molar-refractivity contribution in [2.24, 2.45) is 0 Å². The van der Waals surface area contributed by atoms with E-state index < -0.39 is 11.8 Å². The number of aromatic nitrogens is 2. The molecule has 0 aliphatic carbocycles. The van der Waals surface area contributed by atoms with Crippen LogP contribution < -0.4 is 0 Å². The summed E-state index contributed by atoms with van der Waals surface area (Å²) in [5.74, 6) is -1.75. The first-order chi connectivity index (χ1) is 7.00. The average molecular weight is 338 g/mol. The van der Waals surface area contributed by atoms with Gasteiger partial charge in [0.1, 0.15) is 5.52 Å². The van der Waals surface area contributed by atoms with Gasteiger partial charge in [0.15, 0.2) is 11.5 Å². The third-order valence-electron chi connectivity index (χ3n) is 1.79. The Balaban J connectivity index is 2.88. The van der Waals surface area contributed by atoms with Crippen molar-refractivity contribution in [3.05, 3.63) is 32.7 Å². The topological polar surface area (TPSA) is 54.6 Å². The smallest absolute Gasteiger partial charge is 0.357 e. The Labute approximate surface area is 100.0 Å². The number of fused-ring (bicyclic) bond motifs is 1. The largest absolute Gasteiger partial charge is 0.476 e. The molecule has 0 aromatic carbocycles. The first kappa shape index (κ1) is 10.6. The molecule has 0 bridgehead atoms. The van der Waals surface area contributed by atoms with Crippen LogP contribution in [0.15, 0.2) is 21.2 Å². The highest BCUT2D eigenvalue weighted by Gasteiger charge is 2.19. The van der Waals surface area contributed by atoms with Gasteiger partial charge in [-0.25, -0.2) is 13.7 Å². The highest BCUT2D eigenvalue weighted by atomic mass is 79.9. The summed E-state index contributed by atoms with van der Waals surface area (Å²) in [5, 5.41) is 12.5. The van der Waals surface area contributed by atoms with E-state index in [1.165, 1.54) is 16.8 Å². The minimum atomic E-state index is -1.21. The monoisotopic (exact) mass is 336 g/mol. The van der Waals surface area contributed by atoms with Crippen LogP contribution in [0.2, 0.25) is 0 Å². The molecule has 0 unspecified atom stereocenters. The fourth-order valence-corrected chi connectivity index (χ4v) is 2.22. The molecule has 15 heavy (non-hydrogen) atoms. The van der Waals surface area contributed by atoms with E-state index in [2.05, 4.69) is 37.0 Å². The van der Waals surface area contributed by atoms with Gasteiger partial charge in [-0.2, -0.15) is 5.10 Å². The minimum absolute atomic E-state index is 0.107. The average Bonchev–Trinajstić information content (AvgIpc) is 2.42. The maximum Gasteiger partial charge on any atom is 0.357 e. The highest BCUT2D eigenvalue weighted by Crippen LogP contribution is 2.26. The second-order valence-corrected chi connectivity index (χ2v) is 4.48. The number of carbonyl (C=O) groups is 1. The van der Waals surface area contributed by atoms with Crippen LogP contribution in [0.5, 0.6) is 0 Å². The van der Waals surface area contributed by atoms with Gasteiger partial charge in [-0.15, -0.1) is 0 Å². The second kappa shape index (κ2) is 3.57. The van der Waals surface area contributed by atoms with Crippen LogP contribution in [-0.4, -0.2) is 20.7 Å². The van der Waals surface area contributed by atoms with E-state index in [1.54, 1.807) is 0 Å². The van der Waals surface area contributed by atoms with Crippen molar-refractivity contribution in [3.8, 4) is 0 Å². The molecule has 2 aromatic rings. The Morgan fingerprint density at radius 2 is 2.20 bits per heavy atom. The molecule has 0 atom stereocenters. The Hall–Kier alpha value is -0.950. The van der Waals surface area contributed by atoms with Crippen molar-refractivity contribution < 1.29 is 14.3 Å². The number of hydrogen-bond acceptors (Lipinski definition) is 2. The number of carboxylic acids is 1. The van der Waals surface area contributed by atoms with E-state index in [9.17, 15) is 9.18 Å². The molecular formula is C8H3Br2FN2O2. The Kier molecular flexibility index (Phi) is 2.51. The molecule has 0 aliphatic heterocycles. The standard InChI is InChI=1S/C8H3Br2FN2O2/c9-3-1-4(11)7-5(10)6(8(14)15)12-13(7)2-3/h1-2H,(H,14,15). The Bertz CT molecular complexity index is 567. The predicted molar refractivity (Wildman–Crippen MR) is 57.5 cm³/mol. The molecule has 78 valence electrons. The number of aromatic carboxylic acids is 1. The highest BCUT2D eigenvalue weighted by molar-refractivity contribution is 9.11. The van der Waals surface area contributed by atoms with Gasteiger partial charge >= 0.3 is 5.97 Å². The fraction of sp³-hybridized carbons (Fsp3) is 0. The number of hydrogen-bond donors (Lipinski definition) is 1. The molecule has 0 saturated heterocycles. The van der Waals surface area contributed by atoms with E-state index in [0.29, 0.717) is 4.47 Å². The number of nitrogens with zero attached hydrogens (tertiary/aromatic N) is 2. The van der Waals surface area contributed by atoms with Crippen LogP contribution in [0.25, 0.3) is 5.52 Å². The molecule has 0 aliphatic rings. The third-order valence-corrected chi connectivity index (χ3v) is 2.98. The van der Waals surface area contributed by atoms with Gasteiger partial charge in [-0.3, -0.25) is 0 Å². The van der Waals surface area contributed by atoms with Crippen LogP contribution in [0.4, 0.5) is 4.39 Å². The second-order valence-electron chi connectivity index (χ2n) is 2.77. The fourth-order valence-electron chi connectivity index (χ4n) is 1.20. The van der Waals surface area contributed by atoms with Crippen LogP contribution in [-0.2, 0) is 0 Å². The van der Waals surface area contributed by atoms with Crippen molar-refractivity contribution in [3.63, 3.8) is 0 Å². The van der Waals surface area contributed by atoms with Crippen molar-refractivity contribution in [1.82, 2.24) is 9.61 Å². The zero-order valence-corrected chi connectivity index (χ0v) is 10.2. The van der Waals surface area contributed by atoms with Crippen LogP contribution >= 0.6 is 31.9 Å².